The van der Waals surface area contributed by atoms with Crippen LogP contribution in [-0.2, 0) is 0 Å². The topological polar surface area (TPSA) is 85.5 Å². The van der Waals surface area contributed by atoms with Crippen LogP contribution in [0.4, 0.5) is 0 Å². The lowest BCUT2D eigenvalue weighted by molar-refractivity contribution is 0.0923. The molecule has 156 valence electrons. The van der Waals surface area contributed by atoms with Crippen molar-refractivity contribution in [2.75, 3.05) is 20.3 Å². The van der Waals surface area contributed by atoms with Crippen LogP contribution in [0.15, 0.2) is 36.4 Å². The van der Waals surface area contributed by atoms with Gasteiger partial charge in [0.25, 0.3) is 5.91 Å². The van der Waals surface area contributed by atoms with E-state index in [1.807, 2.05) is 18.2 Å². The summed E-state index contributed by atoms with van der Waals surface area (Å²) >= 11 is 0. The van der Waals surface area contributed by atoms with Crippen LogP contribution < -0.4 is 19.5 Å². The van der Waals surface area contributed by atoms with E-state index in [4.69, 9.17) is 19.2 Å². The van der Waals surface area contributed by atoms with Gasteiger partial charge in [0.05, 0.1) is 18.1 Å². The zero-order valence-corrected chi connectivity index (χ0v) is 16.9. The molecule has 0 radical (unpaired) electrons. The Bertz CT molecular complexity index is 1080. The molecule has 1 aliphatic heterocycles. The van der Waals surface area contributed by atoms with Crippen molar-refractivity contribution in [3.05, 3.63) is 47.8 Å². The molecule has 7 heteroatoms. The first-order valence-corrected chi connectivity index (χ1v) is 10.4. The van der Waals surface area contributed by atoms with Gasteiger partial charge in [0.1, 0.15) is 24.8 Å². The Morgan fingerprint density at radius 3 is 2.87 bits per heavy atom. The molecule has 1 aliphatic carbocycles. The van der Waals surface area contributed by atoms with Crippen molar-refractivity contribution in [1.29, 1.82) is 0 Å². The van der Waals surface area contributed by atoms with Crippen LogP contribution in [0.25, 0.3) is 11.0 Å². The quantitative estimate of drug-likeness (QED) is 0.687. The summed E-state index contributed by atoms with van der Waals surface area (Å²) in [4.78, 5) is 21.0. The standard InChI is InChI=1S/C23H25N3O4/c1-28-17-6-7-18-19(13-17)26-22(25-18)14-3-2-4-16(11-14)24-23(27)15-5-8-20-21(12-15)30-10-9-29-20/h5-8,12-14,16H,2-4,9-11H2,1H3,(H,24,27)(H,25,26)/t14-,16-/m1/s1. The molecule has 1 fully saturated rings. The SMILES string of the molecule is COc1ccc2[nH]c([C@@H]3CCC[C@@H](NC(=O)c4ccc5c(c4)OCCO5)C3)nc2c1. The number of carbonyl (C=O) groups is 1. The second-order valence-corrected chi connectivity index (χ2v) is 7.90. The molecular weight excluding hydrogens is 382 g/mol. The van der Waals surface area contributed by atoms with Crippen molar-refractivity contribution in [1.82, 2.24) is 15.3 Å². The Morgan fingerprint density at radius 1 is 1.13 bits per heavy atom. The predicted molar refractivity (Wildman–Crippen MR) is 113 cm³/mol. The fraction of sp³-hybridized carbons (Fsp3) is 0.391. The number of aromatic nitrogens is 2. The van der Waals surface area contributed by atoms with Gasteiger partial charge in [-0.25, -0.2) is 4.98 Å². The minimum Gasteiger partial charge on any atom is -0.497 e. The molecule has 2 heterocycles. The third-order valence-electron chi connectivity index (χ3n) is 5.91. The lowest BCUT2D eigenvalue weighted by atomic mass is 9.85. The van der Waals surface area contributed by atoms with Crippen LogP contribution in [0.1, 0.15) is 47.8 Å². The van der Waals surface area contributed by atoms with Gasteiger partial charge in [-0.05, 0) is 49.6 Å². The highest BCUT2D eigenvalue weighted by Crippen LogP contribution is 2.34. The second-order valence-electron chi connectivity index (χ2n) is 7.90. The van der Waals surface area contributed by atoms with Gasteiger partial charge in [-0.3, -0.25) is 4.79 Å². The average Bonchev–Trinajstić information content (AvgIpc) is 3.22. The minimum atomic E-state index is -0.0769. The number of imidazole rings is 1. The number of H-pyrrole nitrogens is 1. The first-order valence-electron chi connectivity index (χ1n) is 10.4. The number of amides is 1. The molecule has 30 heavy (non-hydrogen) atoms. The maximum absolute atomic E-state index is 12.8. The van der Waals surface area contributed by atoms with E-state index in [0.717, 1.165) is 48.3 Å². The number of aromatic amines is 1. The number of rotatable bonds is 4. The van der Waals surface area contributed by atoms with E-state index >= 15 is 0 Å². The molecule has 0 bridgehead atoms. The first kappa shape index (κ1) is 18.8. The summed E-state index contributed by atoms with van der Waals surface area (Å²) in [6.45, 7) is 1.04. The summed E-state index contributed by atoms with van der Waals surface area (Å²) < 4.78 is 16.4. The molecule has 2 aliphatic rings. The first-order chi connectivity index (χ1) is 14.7. The lowest BCUT2D eigenvalue weighted by Gasteiger charge is -2.29. The highest BCUT2D eigenvalue weighted by atomic mass is 16.6. The highest BCUT2D eigenvalue weighted by Gasteiger charge is 2.27. The Kier molecular flexibility index (Phi) is 4.94. The molecular formula is C23H25N3O4. The number of fused-ring (bicyclic) bond motifs is 2. The summed E-state index contributed by atoms with van der Waals surface area (Å²) in [5.74, 6) is 3.32. The van der Waals surface area contributed by atoms with Gasteiger partial charge in [-0.15, -0.1) is 0 Å². The van der Waals surface area contributed by atoms with E-state index in [9.17, 15) is 4.79 Å². The van der Waals surface area contributed by atoms with E-state index < -0.39 is 0 Å². The molecule has 2 aromatic carbocycles. The van der Waals surface area contributed by atoms with Crippen molar-refractivity contribution in [3.8, 4) is 17.2 Å². The molecule has 2 atom stereocenters. The van der Waals surface area contributed by atoms with Gasteiger partial charge in [0, 0.05) is 23.6 Å². The number of carbonyl (C=O) groups excluding carboxylic acids is 1. The Hall–Kier alpha value is -3.22. The smallest absolute Gasteiger partial charge is 0.251 e. The molecule has 0 spiro atoms. The fourth-order valence-electron chi connectivity index (χ4n) is 4.35. The fourth-order valence-corrected chi connectivity index (χ4v) is 4.35. The average molecular weight is 407 g/mol. The second kappa shape index (κ2) is 7.89. The lowest BCUT2D eigenvalue weighted by Crippen LogP contribution is -2.38. The zero-order chi connectivity index (χ0) is 20.5. The Labute approximate surface area is 174 Å². The Morgan fingerprint density at radius 2 is 2.00 bits per heavy atom. The summed E-state index contributed by atoms with van der Waals surface area (Å²) in [6.07, 6.45) is 3.96. The number of ether oxygens (including phenoxy) is 3. The molecule has 3 aromatic rings. The largest absolute Gasteiger partial charge is 0.497 e. The number of nitrogens with zero attached hydrogens (tertiary/aromatic N) is 1. The van der Waals surface area contributed by atoms with Crippen LogP contribution in [0.2, 0.25) is 0 Å². The van der Waals surface area contributed by atoms with Crippen molar-refractivity contribution >= 4 is 16.9 Å². The van der Waals surface area contributed by atoms with Crippen molar-refractivity contribution < 1.29 is 19.0 Å². The predicted octanol–water partition coefficient (Wildman–Crippen LogP) is 3.80. The van der Waals surface area contributed by atoms with E-state index in [1.165, 1.54) is 0 Å². The minimum absolute atomic E-state index is 0.0769. The number of nitrogens with one attached hydrogen (secondary N) is 2. The molecule has 2 N–H and O–H groups in total. The molecule has 7 nitrogen and oxygen atoms in total. The molecule has 1 aromatic heterocycles. The van der Waals surface area contributed by atoms with Crippen molar-refractivity contribution in [3.63, 3.8) is 0 Å². The Balaban J connectivity index is 1.28. The summed E-state index contributed by atoms with van der Waals surface area (Å²) in [5, 5.41) is 3.20. The zero-order valence-electron chi connectivity index (χ0n) is 16.9. The van der Waals surface area contributed by atoms with E-state index in [0.29, 0.717) is 36.2 Å². The van der Waals surface area contributed by atoms with Gasteiger partial charge >= 0.3 is 0 Å². The summed E-state index contributed by atoms with van der Waals surface area (Å²) in [5.41, 5.74) is 2.51. The van der Waals surface area contributed by atoms with Gasteiger partial charge in [0.2, 0.25) is 0 Å². The van der Waals surface area contributed by atoms with Crippen molar-refractivity contribution in [2.24, 2.45) is 0 Å². The van der Waals surface area contributed by atoms with Gasteiger partial charge < -0.3 is 24.5 Å². The van der Waals surface area contributed by atoms with Gasteiger partial charge in [-0.1, -0.05) is 6.42 Å². The molecule has 1 saturated carbocycles. The van der Waals surface area contributed by atoms with Crippen LogP contribution >= 0.6 is 0 Å². The third-order valence-corrected chi connectivity index (χ3v) is 5.91. The number of hydrogen-bond acceptors (Lipinski definition) is 5. The number of benzene rings is 2. The molecule has 1 amide bonds. The van der Waals surface area contributed by atoms with Gasteiger partial charge in [-0.2, -0.15) is 0 Å². The summed E-state index contributed by atoms with van der Waals surface area (Å²) in [7, 11) is 1.66. The molecule has 0 unspecified atom stereocenters. The summed E-state index contributed by atoms with van der Waals surface area (Å²) in [6, 6.07) is 11.3. The van der Waals surface area contributed by atoms with Gasteiger partial charge in [0.15, 0.2) is 11.5 Å². The van der Waals surface area contributed by atoms with Crippen LogP contribution in [0.3, 0.4) is 0 Å². The van der Waals surface area contributed by atoms with E-state index in [2.05, 4.69) is 10.3 Å². The third kappa shape index (κ3) is 3.67. The van der Waals surface area contributed by atoms with Crippen LogP contribution in [-0.4, -0.2) is 42.2 Å². The van der Waals surface area contributed by atoms with Crippen molar-refractivity contribution in [2.45, 2.75) is 37.6 Å². The maximum Gasteiger partial charge on any atom is 0.251 e. The molecule has 5 rings (SSSR count). The number of methoxy groups -OCH3 is 1. The van der Waals surface area contributed by atoms with E-state index in [-0.39, 0.29) is 11.9 Å². The molecule has 0 saturated heterocycles. The normalized spacial score (nSPS) is 20.7. The number of hydrogen-bond donors (Lipinski definition) is 2. The maximum atomic E-state index is 12.8. The van der Waals surface area contributed by atoms with E-state index in [1.54, 1.807) is 25.3 Å². The van der Waals surface area contributed by atoms with Crippen LogP contribution in [0.5, 0.6) is 17.2 Å². The highest BCUT2D eigenvalue weighted by molar-refractivity contribution is 5.95. The van der Waals surface area contributed by atoms with Crippen LogP contribution in [0, 0.1) is 0 Å². The monoisotopic (exact) mass is 407 g/mol.